The minimum absolute atomic E-state index is 0.00941. The fourth-order valence-corrected chi connectivity index (χ4v) is 2.33. The molecule has 1 atom stereocenters. The van der Waals surface area contributed by atoms with E-state index in [2.05, 4.69) is 11.4 Å². The van der Waals surface area contributed by atoms with Crippen LogP contribution in [0.1, 0.15) is 11.8 Å². The molecule has 0 bridgehead atoms. The summed E-state index contributed by atoms with van der Waals surface area (Å²) in [7, 11) is 3.43. The molecule has 0 N–H and O–H groups in total. The summed E-state index contributed by atoms with van der Waals surface area (Å²) < 4.78 is 10.1. The van der Waals surface area contributed by atoms with Gasteiger partial charge in [-0.05, 0) is 18.4 Å². The summed E-state index contributed by atoms with van der Waals surface area (Å²) >= 11 is 1.72. The summed E-state index contributed by atoms with van der Waals surface area (Å²) in [6, 6.07) is 4.30. The largest absolute Gasteiger partial charge is 0.382 e. The maximum Gasteiger partial charge on any atom is 0.248 e. The molecular weight excluding hydrogens is 250 g/mol. The number of methoxy groups -OCH3 is 1. The van der Waals surface area contributed by atoms with Crippen LogP contribution in [0.4, 0.5) is 0 Å². The summed E-state index contributed by atoms with van der Waals surface area (Å²) in [6.45, 7) is 3.14. The zero-order valence-electron chi connectivity index (χ0n) is 11.2. The second kappa shape index (κ2) is 8.24. The van der Waals surface area contributed by atoms with Gasteiger partial charge in [-0.1, -0.05) is 6.07 Å². The lowest BCUT2D eigenvalue weighted by Crippen LogP contribution is -2.38. The van der Waals surface area contributed by atoms with Gasteiger partial charge in [-0.15, -0.1) is 11.3 Å². The van der Waals surface area contributed by atoms with Crippen molar-refractivity contribution in [2.24, 2.45) is 0 Å². The van der Waals surface area contributed by atoms with Crippen molar-refractivity contribution in [2.75, 3.05) is 34.0 Å². The van der Waals surface area contributed by atoms with E-state index in [9.17, 15) is 4.79 Å². The lowest BCUT2D eigenvalue weighted by molar-refractivity contribution is -0.137. The highest BCUT2D eigenvalue weighted by Gasteiger charge is 2.16. The van der Waals surface area contributed by atoms with Crippen LogP contribution in [0.15, 0.2) is 17.5 Å². The smallest absolute Gasteiger partial charge is 0.248 e. The molecule has 0 saturated carbocycles. The first-order valence-electron chi connectivity index (χ1n) is 6.00. The fourth-order valence-electron chi connectivity index (χ4n) is 1.51. The monoisotopic (exact) mass is 271 g/mol. The lowest BCUT2D eigenvalue weighted by Gasteiger charge is -2.24. The quantitative estimate of drug-likeness (QED) is 0.677. The van der Waals surface area contributed by atoms with Crippen LogP contribution >= 0.6 is 11.3 Å². The molecule has 1 amide bonds. The van der Waals surface area contributed by atoms with E-state index in [-0.39, 0.29) is 18.6 Å². The topological polar surface area (TPSA) is 38.8 Å². The van der Waals surface area contributed by atoms with Crippen molar-refractivity contribution in [1.29, 1.82) is 0 Å². The molecule has 1 aromatic heterocycles. The Labute approximate surface area is 113 Å². The summed E-state index contributed by atoms with van der Waals surface area (Å²) in [5.41, 5.74) is 0. The van der Waals surface area contributed by atoms with E-state index in [1.165, 1.54) is 4.88 Å². The van der Waals surface area contributed by atoms with E-state index < -0.39 is 0 Å². The van der Waals surface area contributed by atoms with Crippen molar-refractivity contribution in [3.8, 4) is 0 Å². The van der Waals surface area contributed by atoms with E-state index in [0.29, 0.717) is 13.2 Å². The van der Waals surface area contributed by atoms with E-state index in [0.717, 1.165) is 6.42 Å². The Morgan fingerprint density at radius 2 is 2.28 bits per heavy atom. The summed E-state index contributed by atoms with van der Waals surface area (Å²) in [5, 5.41) is 2.05. The van der Waals surface area contributed by atoms with Gasteiger partial charge in [0.25, 0.3) is 0 Å². The van der Waals surface area contributed by atoms with Crippen LogP contribution in [-0.4, -0.2) is 50.8 Å². The summed E-state index contributed by atoms with van der Waals surface area (Å²) in [4.78, 5) is 14.9. The molecule has 0 saturated heterocycles. The number of likely N-dealkylation sites (N-methyl/N-ethyl adjacent to an activating group) is 1. The molecule has 1 rings (SSSR count). The standard InChI is InChI=1S/C13H21NO3S/c1-11(9-12-5-4-8-18-12)14(2)13(15)10-17-7-6-16-3/h4-5,8,11H,6-7,9-10H2,1-3H3. The molecule has 0 aliphatic heterocycles. The Hall–Kier alpha value is -0.910. The number of thiophene rings is 1. The Morgan fingerprint density at radius 3 is 2.89 bits per heavy atom. The van der Waals surface area contributed by atoms with Gasteiger partial charge in [0.15, 0.2) is 0 Å². The van der Waals surface area contributed by atoms with Gasteiger partial charge < -0.3 is 14.4 Å². The van der Waals surface area contributed by atoms with Crippen molar-refractivity contribution in [2.45, 2.75) is 19.4 Å². The number of carbonyl (C=O) groups is 1. The average molecular weight is 271 g/mol. The first kappa shape index (κ1) is 15.1. The molecule has 1 heterocycles. The van der Waals surface area contributed by atoms with Crippen molar-refractivity contribution < 1.29 is 14.3 Å². The highest BCUT2D eigenvalue weighted by molar-refractivity contribution is 7.09. The Balaban J connectivity index is 2.29. The lowest BCUT2D eigenvalue weighted by atomic mass is 10.2. The molecule has 0 spiro atoms. The molecule has 18 heavy (non-hydrogen) atoms. The van der Waals surface area contributed by atoms with Crippen molar-refractivity contribution >= 4 is 17.2 Å². The van der Waals surface area contributed by atoms with Gasteiger partial charge >= 0.3 is 0 Å². The SMILES string of the molecule is COCCOCC(=O)N(C)C(C)Cc1cccs1. The van der Waals surface area contributed by atoms with Gasteiger partial charge in [0.05, 0.1) is 13.2 Å². The maximum atomic E-state index is 11.8. The predicted molar refractivity (Wildman–Crippen MR) is 73.0 cm³/mol. The first-order chi connectivity index (χ1) is 8.65. The number of nitrogens with zero attached hydrogens (tertiary/aromatic N) is 1. The zero-order valence-corrected chi connectivity index (χ0v) is 12.0. The van der Waals surface area contributed by atoms with Crippen molar-refractivity contribution in [3.63, 3.8) is 0 Å². The Kier molecular flexibility index (Phi) is 6.93. The second-order valence-corrected chi connectivity index (χ2v) is 5.21. The molecule has 1 aromatic rings. The van der Waals surface area contributed by atoms with E-state index >= 15 is 0 Å². The molecule has 5 heteroatoms. The molecule has 0 aromatic carbocycles. The number of ether oxygens (including phenoxy) is 2. The molecule has 0 radical (unpaired) electrons. The van der Waals surface area contributed by atoms with Gasteiger partial charge in [-0.25, -0.2) is 0 Å². The van der Waals surface area contributed by atoms with E-state index in [1.54, 1.807) is 23.3 Å². The normalized spacial score (nSPS) is 12.4. The highest BCUT2D eigenvalue weighted by Crippen LogP contribution is 2.13. The second-order valence-electron chi connectivity index (χ2n) is 4.18. The molecular formula is C13H21NO3S. The van der Waals surface area contributed by atoms with Crippen LogP contribution in [0.5, 0.6) is 0 Å². The molecule has 0 aliphatic rings. The van der Waals surface area contributed by atoms with Crippen molar-refractivity contribution in [1.82, 2.24) is 4.90 Å². The third-order valence-electron chi connectivity index (χ3n) is 2.79. The van der Waals surface area contributed by atoms with Crippen LogP contribution in [0.3, 0.4) is 0 Å². The molecule has 0 fully saturated rings. The maximum absolute atomic E-state index is 11.8. The number of hydrogen-bond acceptors (Lipinski definition) is 4. The van der Waals surface area contributed by atoms with Gasteiger partial charge in [0.1, 0.15) is 6.61 Å². The molecule has 1 unspecified atom stereocenters. The number of hydrogen-bond donors (Lipinski definition) is 0. The van der Waals surface area contributed by atoms with E-state index in [1.807, 2.05) is 20.0 Å². The van der Waals surface area contributed by atoms with Crippen molar-refractivity contribution in [3.05, 3.63) is 22.4 Å². The number of carbonyl (C=O) groups excluding carboxylic acids is 1. The molecule has 0 aliphatic carbocycles. The number of rotatable bonds is 8. The van der Waals surface area contributed by atoms with Crippen LogP contribution in [0.2, 0.25) is 0 Å². The molecule has 4 nitrogen and oxygen atoms in total. The van der Waals surface area contributed by atoms with Crippen LogP contribution in [-0.2, 0) is 20.7 Å². The highest BCUT2D eigenvalue weighted by atomic mass is 32.1. The zero-order chi connectivity index (χ0) is 13.4. The predicted octanol–water partition coefficient (Wildman–Crippen LogP) is 1.80. The van der Waals surface area contributed by atoms with Gasteiger partial charge in [0.2, 0.25) is 5.91 Å². The first-order valence-corrected chi connectivity index (χ1v) is 6.87. The Morgan fingerprint density at radius 1 is 1.50 bits per heavy atom. The van der Waals surface area contributed by atoms with Gasteiger partial charge in [-0.2, -0.15) is 0 Å². The fraction of sp³-hybridized carbons (Fsp3) is 0.615. The number of amides is 1. The summed E-state index contributed by atoms with van der Waals surface area (Å²) in [6.07, 6.45) is 0.887. The van der Waals surface area contributed by atoms with Gasteiger partial charge in [0, 0.05) is 31.5 Å². The summed E-state index contributed by atoms with van der Waals surface area (Å²) in [5.74, 6) is 0.00941. The molecule has 102 valence electrons. The van der Waals surface area contributed by atoms with Crippen LogP contribution in [0, 0.1) is 0 Å². The third kappa shape index (κ3) is 5.16. The average Bonchev–Trinajstić information content (AvgIpc) is 2.86. The minimum atomic E-state index is 0.00941. The van der Waals surface area contributed by atoms with Gasteiger partial charge in [-0.3, -0.25) is 4.79 Å². The third-order valence-corrected chi connectivity index (χ3v) is 3.69. The Bertz CT molecular complexity index is 340. The van der Waals surface area contributed by atoms with Crippen LogP contribution in [0.25, 0.3) is 0 Å². The minimum Gasteiger partial charge on any atom is -0.382 e. The van der Waals surface area contributed by atoms with Crippen LogP contribution < -0.4 is 0 Å². The van der Waals surface area contributed by atoms with E-state index in [4.69, 9.17) is 9.47 Å².